The summed E-state index contributed by atoms with van der Waals surface area (Å²) in [4.78, 5) is 16.4. The fourth-order valence-corrected chi connectivity index (χ4v) is 3.11. The molecule has 0 radical (unpaired) electrons. The van der Waals surface area contributed by atoms with Crippen LogP contribution in [0.1, 0.15) is 34.9 Å². The Kier molecular flexibility index (Phi) is 4.74. The van der Waals surface area contributed by atoms with Gasteiger partial charge in [0, 0.05) is 31.3 Å². The van der Waals surface area contributed by atoms with Gasteiger partial charge >= 0.3 is 0 Å². The monoisotopic (exact) mass is 351 g/mol. The van der Waals surface area contributed by atoms with Gasteiger partial charge in [0.1, 0.15) is 0 Å². The molecule has 26 heavy (non-hydrogen) atoms. The molecule has 1 saturated heterocycles. The molecule has 0 saturated carbocycles. The standard InChI is InChI=1S/C18H21N7O/c26-18(17-5-9-25(23-17)16-2-1-6-20-11-16)22-15-10-21-24(13-15)12-14-3-7-19-8-4-14/h3-5,7-10,13,16,20H,1-2,6,11-12H2,(H,22,26). The number of anilines is 1. The molecule has 3 aromatic heterocycles. The smallest absolute Gasteiger partial charge is 0.276 e. The molecule has 2 N–H and O–H groups in total. The van der Waals surface area contributed by atoms with Crippen LogP contribution in [0.5, 0.6) is 0 Å². The fourth-order valence-electron chi connectivity index (χ4n) is 3.11. The molecule has 8 nitrogen and oxygen atoms in total. The van der Waals surface area contributed by atoms with Crippen LogP contribution in [0.15, 0.2) is 49.2 Å². The van der Waals surface area contributed by atoms with Gasteiger partial charge in [0.15, 0.2) is 5.69 Å². The zero-order chi connectivity index (χ0) is 17.8. The van der Waals surface area contributed by atoms with Crippen molar-refractivity contribution in [3.8, 4) is 0 Å². The normalized spacial score (nSPS) is 17.2. The highest BCUT2D eigenvalue weighted by molar-refractivity contribution is 6.02. The molecular formula is C18H21N7O. The number of carbonyl (C=O) groups excluding carboxylic acids is 1. The van der Waals surface area contributed by atoms with E-state index in [1.54, 1.807) is 35.5 Å². The zero-order valence-electron chi connectivity index (χ0n) is 14.4. The minimum atomic E-state index is -0.226. The summed E-state index contributed by atoms with van der Waals surface area (Å²) in [6, 6.07) is 5.94. The molecule has 8 heteroatoms. The summed E-state index contributed by atoms with van der Waals surface area (Å²) >= 11 is 0. The van der Waals surface area contributed by atoms with E-state index in [0.29, 0.717) is 24.0 Å². The van der Waals surface area contributed by atoms with Crippen LogP contribution >= 0.6 is 0 Å². The number of nitrogens with zero attached hydrogens (tertiary/aromatic N) is 5. The summed E-state index contributed by atoms with van der Waals surface area (Å²) < 4.78 is 3.66. The minimum Gasteiger partial charge on any atom is -0.318 e. The van der Waals surface area contributed by atoms with Gasteiger partial charge in [-0.05, 0) is 43.1 Å². The SMILES string of the molecule is O=C(Nc1cnn(Cc2ccncc2)c1)c1ccn(C2CCCNC2)n1. The van der Waals surface area contributed by atoms with Crippen molar-refractivity contribution in [2.24, 2.45) is 0 Å². The molecule has 1 aliphatic rings. The third-order valence-corrected chi connectivity index (χ3v) is 4.47. The van der Waals surface area contributed by atoms with Crippen molar-refractivity contribution in [1.29, 1.82) is 0 Å². The lowest BCUT2D eigenvalue weighted by atomic mass is 10.1. The lowest BCUT2D eigenvalue weighted by molar-refractivity contribution is 0.102. The van der Waals surface area contributed by atoms with Crippen LogP contribution in [0.4, 0.5) is 5.69 Å². The summed E-state index contributed by atoms with van der Waals surface area (Å²) in [7, 11) is 0. The Hall–Kier alpha value is -3.00. The molecule has 1 amide bonds. The van der Waals surface area contributed by atoms with E-state index in [4.69, 9.17) is 0 Å². The molecule has 134 valence electrons. The number of pyridine rings is 1. The predicted octanol–water partition coefficient (Wildman–Crippen LogP) is 1.70. The number of hydrogen-bond acceptors (Lipinski definition) is 5. The van der Waals surface area contributed by atoms with Crippen molar-refractivity contribution in [2.75, 3.05) is 18.4 Å². The Morgan fingerprint density at radius 3 is 3.00 bits per heavy atom. The third-order valence-electron chi connectivity index (χ3n) is 4.47. The second kappa shape index (κ2) is 7.49. The Morgan fingerprint density at radius 1 is 1.31 bits per heavy atom. The van der Waals surface area contributed by atoms with Gasteiger partial charge in [-0.15, -0.1) is 0 Å². The quantitative estimate of drug-likeness (QED) is 0.730. The van der Waals surface area contributed by atoms with Crippen molar-refractivity contribution in [2.45, 2.75) is 25.4 Å². The van der Waals surface area contributed by atoms with Crippen LogP contribution in [-0.4, -0.2) is 43.5 Å². The highest BCUT2D eigenvalue weighted by Crippen LogP contribution is 2.16. The average Bonchev–Trinajstić information content (AvgIpc) is 3.33. The first-order valence-corrected chi connectivity index (χ1v) is 8.76. The molecule has 0 spiro atoms. The number of carbonyl (C=O) groups is 1. The predicted molar refractivity (Wildman–Crippen MR) is 96.9 cm³/mol. The second-order valence-electron chi connectivity index (χ2n) is 6.42. The van der Waals surface area contributed by atoms with Gasteiger partial charge in [-0.1, -0.05) is 0 Å². The van der Waals surface area contributed by atoms with Crippen molar-refractivity contribution in [3.05, 3.63) is 60.4 Å². The van der Waals surface area contributed by atoms with Gasteiger partial charge in [0.2, 0.25) is 0 Å². The molecule has 1 aliphatic heterocycles. The minimum absolute atomic E-state index is 0.226. The van der Waals surface area contributed by atoms with Crippen molar-refractivity contribution < 1.29 is 4.79 Å². The number of aromatic nitrogens is 5. The Morgan fingerprint density at radius 2 is 2.19 bits per heavy atom. The topological polar surface area (TPSA) is 89.7 Å². The van der Waals surface area contributed by atoms with Gasteiger partial charge in [0.25, 0.3) is 5.91 Å². The summed E-state index contributed by atoms with van der Waals surface area (Å²) in [6.07, 6.45) is 11.0. The first-order valence-electron chi connectivity index (χ1n) is 8.76. The van der Waals surface area contributed by atoms with E-state index in [0.717, 1.165) is 31.5 Å². The second-order valence-corrected chi connectivity index (χ2v) is 6.42. The van der Waals surface area contributed by atoms with Crippen molar-refractivity contribution in [3.63, 3.8) is 0 Å². The summed E-state index contributed by atoms with van der Waals surface area (Å²) in [5, 5.41) is 14.9. The molecule has 3 aromatic rings. The van der Waals surface area contributed by atoms with E-state index in [2.05, 4.69) is 25.8 Å². The van der Waals surface area contributed by atoms with E-state index in [1.165, 1.54) is 0 Å². The van der Waals surface area contributed by atoms with Crippen LogP contribution in [0, 0.1) is 0 Å². The number of hydrogen-bond donors (Lipinski definition) is 2. The van der Waals surface area contributed by atoms with E-state index < -0.39 is 0 Å². The zero-order valence-corrected chi connectivity index (χ0v) is 14.4. The average molecular weight is 351 g/mol. The Bertz CT molecular complexity index is 865. The highest BCUT2D eigenvalue weighted by atomic mass is 16.2. The molecule has 0 bridgehead atoms. The van der Waals surface area contributed by atoms with Crippen molar-refractivity contribution >= 4 is 11.6 Å². The molecule has 1 unspecified atom stereocenters. The Labute approximate surface area is 151 Å². The van der Waals surface area contributed by atoms with Crippen molar-refractivity contribution in [1.82, 2.24) is 29.9 Å². The van der Waals surface area contributed by atoms with Crippen LogP contribution in [-0.2, 0) is 6.54 Å². The van der Waals surface area contributed by atoms with E-state index >= 15 is 0 Å². The Balaban J connectivity index is 1.38. The molecular weight excluding hydrogens is 330 g/mol. The molecule has 0 aliphatic carbocycles. The molecule has 1 atom stereocenters. The van der Waals surface area contributed by atoms with Crippen LogP contribution in [0.2, 0.25) is 0 Å². The lowest BCUT2D eigenvalue weighted by Gasteiger charge is -2.22. The maximum atomic E-state index is 12.4. The van der Waals surface area contributed by atoms with Gasteiger partial charge in [-0.25, -0.2) is 0 Å². The number of rotatable bonds is 5. The first kappa shape index (κ1) is 16.5. The van der Waals surface area contributed by atoms with Gasteiger partial charge in [0.05, 0.1) is 24.5 Å². The lowest BCUT2D eigenvalue weighted by Crippen LogP contribution is -2.32. The molecule has 1 fully saturated rings. The van der Waals surface area contributed by atoms with Gasteiger partial charge in [-0.2, -0.15) is 10.2 Å². The number of amides is 1. The van der Waals surface area contributed by atoms with E-state index in [9.17, 15) is 4.79 Å². The first-order chi connectivity index (χ1) is 12.8. The molecule has 4 rings (SSSR count). The summed E-state index contributed by atoms with van der Waals surface area (Å²) in [5.74, 6) is -0.226. The maximum Gasteiger partial charge on any atom is 0.276 e. The fraction of sp³-hybridized carbons (Fsp3) is 0.333. The van der Waals surface area contributed by atoms with E-state index in [1.807, 2.05) is 23.0 Å². The third kappa shape index (κ3) is 3.80. The maximum absolute atomic E-state index is 12.4. The molecule has 4 heterocycles. The number of nitrogens with one attached hydrogen (secondary N) is 2. The van der Waals surface area contributed by atoms with Crippen LogP contribution < -0.4 is 10.6 Å². The summed E-state index contributed by atoms with van der Waals surface area (Å²) in [5.41, 5.74) is 2.16. The molecule has 0 aromatic carbocycles. The highest BCUT2D eigenvalue weighted by Gasteiger charge is 2.18. The van der Waals surface area contributed by atoms with Crippen LogP contribution in [0.25, 0.3) is 0 Å². The van der Waals surface area contributed by atoms with Gasteiger partial charge in [-0.3, -0.25) is 19.1 Å². The largest absolute Gasteiger partial charge is 0.318 e. The van der Waals surface area contributed by atoms with E-state index in [-0.39, 0.29) is 5.91 Å². The summed E-state index contributed by atoms with van der Waals surface area (Å²) in [6.45, 7) is 2.57. The van der Waals surface area contributed by atoms with Gasteiger partial charge < -0.3 is 10.6 Å². The van der Waals surface area contributed by atoms with Crippen LogP contribution in [0.3, 0.4) is 0 Å². The number of piperidine rings is 1.